The summed E-state index contributed by atoms with van der Waals surface area (Å²) in [6.45, 7) is 9.26. The third-order valence-electron chi connectivity index (χ3n) is 17.1. The van der Waals surface area contributed by atoms with Gasteiger partial charge in [-0.25, -0.2) is 13.2 Å². The molecule has 0 radical (unpaired) electrons. The molecule has 4 N–H and O–H groups in total. The second kappa shape index (κ2) is 17.7. The van der Waals surface area contributed by atoms with Crippen molar-refractivity contribution in [1.29, 1.82) is 0 Å². The van der Waals surface area contributed by atoms with Gasteiger partial charge >= 0.3 is 12.2 Å². The highest BCUT2D eigenvalue weighted by Gasteiger charge is 2.50. The number of aromatic nitrogens is 3. The molecule has 8 heterocycles. The van der Waals surface area contributed by atoms with Crippen LogP contribution in [0.4, 0.5) is 43.5 Å². The van der Waals surface area contributed by atoms with E-state index in [1.165, 1.54) is 12.8 Å². The highest BCUT2D eigenvalue weighted by Crippen LogP contribution is 2.54. The first-order valence-electron chi connectivity index (χ1n) is 25.3. The number of piperidine rings is 2. The van der Waals surface area contributed by atoms with E-state index in [0.717, 1.165) is 108 Å². The molecule has 6 aliphatic heterocycles. The molecule has 2 saturated carbocycles. The summed E-state index contributed by atoms with van der Waals surface area (Å²) in [5.74, 6) is -4.75. The molecule has 2 aliphatic carbocycles. The fourth-order valence-corrected chi connectivity index (χ4v) is 13.0. The molecule has 7 fully saturated rings. The van der Waals surface area contributed by atoms with Crippen LogP contribution in [0.25, 0.3) is 22.2 Å². The van der Waals surface area contributed by atoms with Gasteiger partial charge in [0.15, 0.2) is 11.6 Å². The maximum atomic E-state index is 16.7. The normalized spacial score (nSPS) is 25.3. The van der Waals surface area contributed by atoms with Crippen molar-refractivity contribution in [3.8, 4) is 17.3 Å². The van der Waals surface area contributed by atoms with Crippen LogP contribution in [0.1, 0.15) is 85.7 Å². The second-order valence-electron chi connectivity index (χ2n) is 21.9. The number of nitrogens with zero attached hydrogens (tertiary/aromatic N) is 8. The molecule has 2 unspecified atom stereocenters. The summed E-state index contributed by atoms with van der Waals surface area (Å²) in [5.41, 5.74) is 2.54. The molecule has 382 valence electrons. The molecule has 1 spiro atoms. The van der Waals surface area contributed by atoms with E-state index in [2.05, 4.69) is 41.4 Å². The van der Waals surface area contributed by atoms with Gasteiger partial charge in [-0.05, 0) is 106 Å². The van der Waals surface area contributed by atoms with Gasteiger partial charge in [0, 0.05) is 106 Å². The van der Waals surface area contributed by atoms with Gasteiger partial charge < -0.3 is 35.4 Å². The van der Waals surface area contributed by atoms with Crippen LogP contribution in [0.2, 0.25) is 0 Å². The number of carbonyl (C=O) groups excluding carboxylic acids is 3. The highest BCUT2D eigenvalue weighted by molar-refractivity contribution is 6.05. The summed E-state index contributed by atoms with van der Waals surface area (Å²) < 4.78 is 95.9. The Bertz CT molecular complexity index is 2850. The molecule has 2 bridgehead atoms. The van der Waals surface area contributed by atoms with Crippen molar-refractivity contribution < 1.29 is 45.5 Å². The number of nitrogen functional groups attached to an aromatic ring is 1. The first-order valence-corrected chi connectivity index (χ1v) is 25.3. The fraction of sp³-hybridized carbons (Fsp3) is 0.569. The number of amides is 3. The fourth-order valence-electron chi connectivity index (χ4n) is 13.0. The van der Waals surface area contributed by atoms with Gasteiger partial charge in [0.05, 0.1) is 23.2 Å². The Labute approximate surface area is 411 Å². The lowest BCUT2D eigenvalue weighted by Gasteiger charge is -2.54. The Morgan fingerprint density at radius 2 is 1.58 bits per heavy atom. The van der Waals surface area contributed by atoms with E-state index in [1.807, 2.05) is 17.0 Å². The lowest BCUT2D eigenvalue weighted by atomic mass is 9.57. The van der Waals surface area contributed by atoms with Gasteiger partial charge in [0.25, 0.3) is 5.91 Å². The number of halogens is 6. The molecule has 3 amide bonds. The molecule has 12 rings (SSSR count). The Kier molecular flexibility index (Phi) is 11.6. The van der Waals surface area contributed by atoms with E-state index in [1.54, 1.807) is 4.90 Å². The average molecular weight is 1000 g/mol. The standard InChI is InChI=1S/C51H57F6N11O4/c52-35-18-36(58)41(53)39(40(35)51(55,56)57)44-42(54)43-34(21-59-44)45(67-24-30-1-2-31(25-67)60-30)63-48(62-43)72-27-50(7-8-50)26-65-11-9-49(10-12-65)19-28(20-49)22-64-13-15-66(16-14-64)32-3-4-33-29(17-32)23-68(47(33)71)37-5-6-38(69)61-46(37)70/h3-4,17-18,21,28,30-31,37,60H,1-2,5-16,19-20,22-27,58H2,(H,61,69,70)/t30?,31?,37-/m0/s1. The molecule has 4 aromatic rings. The molecule has 21 heteroatoms. The zero-order valence-corrected chi connectivity index (χ0v) is 39.8. The molecule has 2 aromatic heterocycles. The number of carbonyl (C=O) groups is 3. The van der Waals surface area contributed by atoms with Crippen molar-refractivity contribution in [1.82, 2.24) is 40.3 Å². The van der Waals surface area contributed by atoms with Crippen molar-refractivity contribution in [2.24, 2.45) is 16.7 Å². The molecule has 5 saturated heterocycles. The Morgan fingerprint density at radius 3 is 2.28 bits per heavy atom. The number of imide groups is 1. The lowest BCUT2D eigenvalue weighted by molar-refractivity contribution is -0.140. The minimum atomic E-state index is -5.39. The number of hydrogen-bond acceptors (Lipinski definition) is 13. The Hall–Kier alpha value is -5.80. The van der Waals surface area contributed by atoms with Crippen molar-refractivity contribution in [3.05, 3.63) is 64.6 Å². The van der Waals surface area contributed by atoms with E-state index >= 15 is 8.78 Å². The molecule has 3 atom stereocenters. The average Bonchev–Trinajstić information content (AvgIpc) is 3.92. The number of ether oxygens (including phenoxy) is 1. The Morgan fingerprint density at radius 1 is 0.847 bits per heavy atom. The van der Waals surface area contributed by atoms with Gasteiger partial charge in [-0.1, -0.05) is 0 Å². The van der Waals surface area contributed by atoms with Crippen LogP contribution in [-0.4, -0.2) is 138 Å². The van der Waals surface area contributed by atoms with E-state index in [9.17, 15) is 31.9 Å². The van der Waals surface area contributed by atoms with Crippen molar-refractivity contribution in [3.63, 3.8) is 0 Å². The number of nitrogens with two attached hydrogens (primary N) is 1. The van der Waals surface area contributed by atoms with Crippen LogP contribution in [-0.2, 0) is 22.3 Å². The monoisotopic (exact) mass is 1000 g/mol. The zero-order valence-electron chi connectivity index (χ0n) is 39.8. The maximum Gasteiger partial charge on any atom is 0.419 e. The number of pyridine rings is 1. The van der Waals surface area contributed by atoms with E-state index in [0.29, 0.717) is 48.8 Å². The summed E-state index contributed by atoms with van der Waals surface area (Å²) in [7, 11) is 0. The molecular weight excluding hydrogens is 945 g/mol. The number of anilines is 3. The van der Waals surface area contributed by atoms with Crippen molar-refractivity contribution >= 4 is 45.8 Å². The summed E-state index contributed by atoms with van der Waals surface area (Å²) in [4.78, 5) is 61.5. The molecule has 8 aliphatic rings. The largest absolute Gasteiger partial charge is 0.463 e. The van der Waals surface area contributed by atoms with Crippen LogP contribution in [0, 0.1) is 34.2 Å². The quantitative estimate of drug-likeness (QED) is 0.0928. The van der Waals surface area contributed by atoms with Gasteiger partial charge in [-0.3, -0.25) is 29.6 Å². The summed E-state index contributed by atoms with van der Waals surface area (Å²) in [6, 6.07) is 5.72. The van der Waals surface area contributed by atoms with Crippen LogP contribution < -0.4 is 30.9 Å². The predicted octanol–water partition coefficient (Wildman–Crippen LogP) is 5.89. The van der Waals surface area contributed by atoms with Crippen LogP contribution in [0.15, 0.2) is 30.5 Å². The zero-order chi connectivity index (χ0) is 49.8. The summed E-state index contributed by atoms with van der Waals surface area (Å²) >= 11 is 0. The number of alkyl halides is 3. The second-order valence-corrected chi connectivity index (χ2v) is 21.9. The topological polar surface area (TPSA) is 165 Å². The maximum absolute atomic E-state index is 16.7. The molecule has 72 heavy (non-hydrogen) atoms. The van der Waals surface area contributed by atoms with Crippen LogP contribution in [0.3, 0.4) is 0 Å². The minimum absolute atomic E-state index is 0.113. The third-order valence-corrected chi connectivity index (χ3v) is 17.1. The van der Waals surface area contributed by atoms with Gasteiger partial charge in [0.2, 0.25) is 11.8 Å². The van der Waals surface area contributed by atoms with E-state index in [4.69, 9.17) is 15.5 Å². The number of piperazine rings is 2. The van der Waals surface area contributed by atoms with Crippen molar-refractivity contribution in [2.45, 2.75) is 95.1 Å². The first kappa shape index (κ1) is 47.2. The number of benzene rings is 2. The molecule has 2 aromatic carbocycles. The van der Waals surface area contributed by atoms with E-state index < -0.39 is 63.6 Å². The predicted molar refractivity (Wildman–Crippen MR) is 253 cm³/mol. The summed E-state index contributed by atoms with van der Waals surface area (Å²) in [6.07, 6.45) is 4.71. The molecule has 15 nitrogen and oxygen atoms in total. The SMILES string of the molecule is Nc1cc(F)c(C(F)(F)F)c(-c2ncc3c(N4CC5CCC(C4)N5)nc(OCC4(CN5CCC6(CC5)CC(CN5CCN(c7ccc8c(c7)CN([C@H]7CCC(=O)NC7=O)C8=O)CC5)C6)CC4)nc3c2F)c1F. The van der Waals surface area contributed by atoms with Gasteiger partial charge in [-0.15, -0.1) is 0 Å². The van der Waals surface area contributed by atoms with Gasteiger partial charge in [-0.2, -0.15) is 23.1 Å². The van der Waals surface area contributed by atoms with Crippen LogP contribution >= 0.6 is 0 Å². The smallest absolute Gasteiger partial charge is 0.419 e. The lowest BCUT2D eigenvalue weighted by Crippen LogP contribution is -2.53. The number of fused-ring (bicyclic) bond motifs is 4. The highest BCUT2D eigenvalue weighted by atomic mass is 19.4. The summed E-state index contributed by atoms with van der Waals surface area (Å²) in [5, 5.41) is 6.03. The molecular formula is C51H57F6N11O4. The Balaban J connectivity index is 0.655. The van der Waals surface area contributed by atoms with Crippen LogP contribution in [0.5, 0.6) is 6.01 Å². The first-order chi connectivity index (χ1) is 34.5. The number of likely N-dealkylation sites (tertiary alicyclic amines) is 1. The third kappa shape index (κ3) is 8.65. The number of nitrogens with one attached hydrogen (secondary N) is 2. The van der Waals surface area contributed by atoms with Crippen molar-refractivity contribution in [2.75, 3.05) is 87.6 Å². The number of hydrogen-bond donors (Lipinski definition) is 3. The minimum Gasteiger partial charge on any atom is -0.463 e. The van der Waals surface area contributed by atoms with Gasteiger partial charge in [0.1, 0.15) is 34.5 Å². The van der Waals surface area contributed by atoms with E-state index in [-0.39, 0.29) is 59.8 Å². The number of rotatable bonds is 11.